The molecule has 104 valence electrons. The molecule has 2 aromatic rings. The quantitative estimate of drug-likeness (QED) is 0.810. The molecule has 1 aromatic carbocycles. The Labute approximate surface area is 111 Å². The highest BCUT2D eigenvalue weighted by molar-refractivity contribution is 5.95. The second-order valence-electron chi connectivity index (χ2n) is 4.03. The number of ketones is 1. The van der Waals surface area contributed by atoms with Crippen LogP contribution in [0.3, 0.4) is 0 Å². The van der Waals surface area contributed by atoms with Gasteiger partial charge in [-0.15, -0.1) is 0 Å². The van der Waals surface area contributed by atoms with E-state index in [2.05, 4.69) is 4.98 Å². The minimum atomic E-state index is -4.68. The van der Waals surface area contributed by atoms with Crippen molar-refractivity contribution in [3.8, 4) is 0 Å². The summed E-state index contributed by atoms with van der Waals surface area (Å²) < 4.78 is 37.9. The van der Waals surface area contributed by atoms with Crippen LogP contribution in [0.2, 0.25) is 0 Å². The Balaban J connectivity index is 2.23. The lowest BCUT2D eigenvalue weighted by Gasteiger charge is -2.08. The normalized spacial score (nSPS) is 11.3. The first-order valence-electron chi connectivity index (χ1n) is 5.60. The van der Waals surface area contributed by atoms with Crippen LogP contribution in [0.15, 0.2) is 47.5 Å². The Morgan fingerprint density at radius 1 is 1.20 bits per heavy atom. The zero-order valence-corrected chi connectivity index (χ0v) is 10.1. The summed E-state index contributed by atoms with van der Waals surface area (Å²) in [4.78, 5) is 26.5. The molecule has 0 unspecified atom stereocenters. The lowest BCUT2D eigenvalue weighted by atomic mass is 10.1. The Kier molecular flexibility index (Phi) is 3.69. The highest BCUT2D eigenvalue weighted by Gasteiger charge is 2.33. The summed E-state index contributed by atoms with van der Waals surface area (Å²) in [6.45, 7) is -0.353. The number of alkyl halides is 3. The fourth-order valence-corrected chi connectivity index (χ4v) is 1.57. The van der Waals surface area contributed by atoms with E-state index in [0.29, 0.717) is 11.6 Å². The van der Waals surface area contributed by atoms with Crippen LogP contribution in [0, 0.1) is 0 Å². The third-order valence-corrected chi connectivity index (χ3v) is 2.58. The average Bonchev–Trinajstić information content (AvgIpc) is 2.41. The van der Waals surface area contributed by atoms with Crippen LogP contribution in [0.4, 0.5) is 13.2 Å². The van der Waals surface area contributed by atoms with Gasteiger partial charge in [0.05, 0.1) is 12.9 Å². The SMILES string of the molecule is O=C(Cn1cnc(C(F)(F)F)cc1=O)c1ccccc1. The van der Waals surface area contributed by atoms with Crippen molar-refractivity contribution in [3.05, 3.63) is 64.3 Å². The van der Waals surface area contributed by atoms with Crippen molar-refractivity contribution in [1.29, 1.82) is 0 Å². The fourth-order valence-electron chi connectivity index (χ4n) is 1.57. The van der Waals surface area contributed by atoms with E-state index in [-0.39, 0.29) is 12.3 Å². The van der Waals surface area contributed by atoms with E-state index >= 15 is 0 Å². The molecule has 20 heavy (non-hydrogen) atoms. The van der Waals surface area contributed by atoms with Crippen molar-refractivity contribution in [2.45, 2.75) is 12.7 Å². The number of hydrogen-bond acceptors (Lipinski definition) is 3. The number of Topliss-reactive ketones (excluding diaryl/α,β-unsaturated/α-hetero) is 1. The number of rotatable bonds is 3. The summed E-state index contributed by atoms with van der Waals surface area (Å²) in [7, 11) is 0. The van der Waals surface area contributed by atoms with Crippen LogP contribution in [0.5, 0.6) is 0 Å². The molecule has 0 saturated carbocycles. The lowest BCUT2D eigenvalue weighted by Crippen LogP contribution is -2.26. The molecule has 0 spiro atoms. The predicted molar refractivity (Wildman–Crippen MR) is 64.3 cm³/mol. The molecule has 1 aromatic heterocycles. The number of benzene rings is 1. The number of carbonyl (C=O) groups excluding carboxylic acids is 1. The summed E-state index contributed by atoms with van der Waals surface area (Å²) in [5.41, 5.74) is -1.82. The van der Waals surface area contributed by atoms with E-state index in [9.17, 15) is 22.8 Å². The summed E-state index contributed by atoms with van der Waals surface area (Å²) in [5.74, 6) is -0.380. The maximum Gasteiger partial charge on any atom is 0.433 e. The summed E-state index contributed by atoms with van der Waals surface area (Å²) in [6.07, 6.45) is -3.95. The molecule has 0 atom stereocenters. The first-order chi connectivity index (χ1) is 9.38. The van der Waals surface area contributed by atoms with Gasteiger partial charge in [-0.05, 0) is 0 Å². The smallest absolute Gasteiger partial charge is 0.292 e. The van der Waals surface area contributed by atoms with Crippen LogP contribution in [0.1, 0.15) is 16.1 Å². The highest BCUT2D eigenvalue weighted by atomic mass is 19.4. The van der Waals surface area contributed by atoms with Gasteiger partial charge in [-0.2, -0.15) is 13.2 Å². The third-order valence-electron chi connectivity index (χ3n) is 2.58. The largest absolute Gasteiger partial charge is 0.433 e. The monoisotopic (exact) mass is 282 g/mol. The Morgan fingerprint density at radius 2 is 1.85 bits per heavy atom. The Bertz CT molecular complexity index is 678. The van der Waals surface area contributed by atoms with E-state index in [1.165, 1.54) is 0 Å². The number of aromatic nitrogens is 2. The van der Waals surface area contributed by atoms with Crippen molar-refractivity contribution in [3.63, 3.8) is 0 Å². The van der Waals surface area contributed by atoms with Gasteiger partial charge in [0.15, 0.2) is 11.5 Å². The van der Waals surface area contributed by atoms with Crippen LogP contribution in [-0.2, 0) is 12.7 Å². The minimum absolute atomic E-state index is 0.353. The maximum absolute atomic E-state index is 12.3. The topological polar surface area (TPSA) is 52.0 Å². The van der Waals surface area contributed by atoms with Gasteiger partial charge in [0.2, 0.25) is 0 Å². The minimum Gasteiger partial charge on any atom is -0.292 e. The fraction of sp³-hybridized carbons (Fsp3) is 0.154. The molecule has 7 heteroatoms. The molecule has 2 rings (SSSR count). The summed E-state index contributed by atoms with van der Waals surface area (Å²) in [5, 5.41) is 0. The third kappa shape index (κ3) is 3.11. The molecule has 0 aliphatic carbocycles. The molecular weight excluding hydrogens is 273 g/mol. The van der Waals surface area contributed by atoms with Gasteiger partial charge in [0.1, 0.15) is 0 Å². The molecule has 0 aliphatic heterocycles. The van der Waals surface area contributed by atoms with Gasteiger partial charge in [-0.1, -0.05) is 30.3 Å². The maximum atomic E-state index is 12.3. The second kappa shape index (κ2) is 5.28. The first kappa shape index (κ1) is 14.0. The van der Waals surface area contributed by atoms with E-state index < -0.39 is 17.4 Å². The number of hydrogen-bond donors (Lipinski definition) is 0. The average molecular weight is 282 g/mol. The number of nitrogens with zero attached hydrogens (tertiary/aromatic N) is 2. The standard InChI is InChI=1S/C13H9F3N2O2/c14-13(15,16)11-6-12(20)18(8-17-11)7-10(19)9-4-2-1-3-5-9/h1-6,8H,7H2. The molecule has 0 bridgehead atoms. The van der Waals surface area contributed by atoms with Crippen molar-refractivity contribution in [2.75, 3.05) is 0 Å². The van der Waals surface area contributed by atoms with Gasteiger partial charge >= 0.3 is 6.18 Å². The molecule has 0 fully saturated rings. The number of carbonyl (C=O) groups is 1. The zero-order valence-electron chi connectivity index (χ0n) is 10.1. The molecular formula is C13H9F3N2O2. The molecule has 0 amide bonds. The Morgan fingerprint density at radius 3 is 2.40 bits per heavy atom. The Hall–Kier alpha value is -2.44. The first-order valence-corrected chi connectivity index (χ1v) is 5.60. The van der Waals surface area contributed by atoms with E-state index in [0.717, 1.165) is 10.9 Å². The van der Waals surface area contributed by atoms with Crippen LogP contribution >= 0.6 is 0 Å². The molecule has 0 saturated heterocycles. The second-order valence-corrected chi connectivity index (χ2v) is 4.03. The molecule has 4 nitrogen and oxygen atoms in total. The van der Waals surface area contributed by atoms with Crippen molar-refractivity contribution in [2.24, 2.45) is 0 Å². The predicted octanol–water partition coefficient (Wildman–Crippen LogP) is 2.15. The van der Waals surface area contributed by atoms with Gasteiger partial charge in [-0.3, -0.25) is 14.2 Å². The molecule has 0 radical (unpaired) electrons. The molecule has 0 aliphatic rings. The summed E-state index contributed by atoms with van der Waals surface area (Å²) >= 11 is 0. The van der Waals surface area contributed by atoms with E-state index in [1.807, 2.05) is 0 Å². The van der Waals surface area contributed by atoms with Gasteiger partial charge in [-0.25, -0.2) is 4.98 Å². The van der Waals surface area contributed by atoms with E-state index in [1.54, 1.807) is 30.3 Å². The highest BCUT2D eigenvalue weighted by Crippen LogP contribution is 2.25. The van der Waals surface area contributed by atoms with Crippen molar-refractivity contribution in [1.82, 2.24) is 9.55 Å². The van der Waals surface area contributed by atoms with Crippen molar-refractivity contribution >= 4 is 5.78 Å². The lowest BCUT2D eigenvalue weighted by molar-refractivity contribution is -0.141. The van der Waals surface area contributed by atoms with Gasteiger partial charge in [0.25, 0.3) is 5.56 Å². The van der Waals surface area contributed by atoms with Gasteiger partial charge < -0.3 is 0 Å². The summed E-state index contributed by atoms with van der Waals surface area (Å²) in [6, 6.07) is 8.53. The van der Waals surface area contributed by atoms with E-state index in [4.69, 9.17) is 0 Å². The van der Waals surface area contributed by atoms with Crippen LogP contribution in [-0.4, -0.2) is 15.3 Å². The van der Waals surface area contributed by atoms with Crippen molar-refractivity contribution < 1.29 is 18.0 Å². The molecule has 0 N–H and O–H groups in total. The van der Waals surface area contributed by atoms with Crippen LogP contribution < -0.4 is 5.56 Å². The van der Waals surface area contributed by atoms with Gasteiger partial charge in [0, 0.05) is 11.6 Å². The molecule has 1 heterocycles. The zero-order chi connectivity index (χ0) is 14.8. The number of halogens is 3. The van der Waals surface area contributed by atoms with Crippen LogP contribution in [0.25, 0.3) is 0 Å².